The predicted octanol–water partition coefficient (Wildman–Crippen LogP) is -1.58. The first-order chi connectivity index (χ1) is 13.3. The average molecular weight is 408 g/mol. The van der Waals surface area contributed by atoms with E-state index in [1.807, 2.05) is 0 Å². The molecule has 0 atom stereocenters. The number of hydrogen-bond acceptors (Lipinski definition) is 9. The highest BCUT2D eigenvalue weighted by molar-refractivity contribution is 5.93. The summed E-state index contributed by atoms with van der Waals surface area (Å²) in [5.74, 6) is -2.25. The molecule has 0 radical (unpaired) electrons. The molecule has 0 saturated heterocycles. The van der Waals surface area contributed by atoms with Crippen molar-refractivity contribution in [2.45, 2.75) is 6.10 Å². The second-order valence-electron chi connectivity index (χ2n) is 4.88. The monoisotopic (exact) mass is 408 g/mol. The molecule has 1 rings (SSSR count). The van der Waals surface area contributed by atoms with Crippen molar-refractivity contribution in [3.8, 4) is 0 Å². The van der Waals surface area contributed by atoms with Crippen LogP contribution in [-0.2, 0) is 9.47 Å². The van der Waals surface area contributed by atoms with E-state index in [1.54, 1.807) is 0 Å². The molecule has 0 unspecified atom stereocenters. The van der Waals surface area contributed by atoms with E-state index in [0.717, 1.165) is 6.07 Å². The van der Waals surface area contributed by atoms with Crippen molar-refractivity contribution >= 4 is 11.9 Å². The Hall–Kier alpha value is -2.12. The van der Waals surface area contributed by atoms with Crippen LogP contribution in [0.4, 0.5) is 0 Å². The number of rotatable bonds is 11. The number of benzene rings is 1. The van der Waals surface area contributed by atoms with Crippen LogP contribution in [0.2, 0.25) is 0 Å². The fourth-order valence-corrected chi connectivity index (χ4v) is 1.29. The lowest BCUT2D eigenvalue weighted by Crippen LogP contribution is -2.15. The van der Waals surface area contributed by atoms with Gasteiger partial charge in [0.05, 0.1) is 64.0 Å². The Morgan fingerprint density at radius 3 is 1.43 bits per heavy atom. The van der Waals surface area contributed by atoms with Gasteiger partial charge in [0, 0.05) is 0 Å². The van der Waals surface area contributed by atoms with Crippen LogP contribution in [0, 0.1) is 0 Å². The molecule has 1 aromatic carbocycles. The van der Waals surface area contributed by atoms with Gasteiger partial charge in [0.2, 0.25) is 0 Å². The van der Waals surface area contributed by atoms with Gasteiger partial charge >= 0.3 is 11.9 Å². The summed E-state index contributed by atoms with van der Waals surface area (Å²) in [7, 11) is 0. The normalized spacial score (nSPS) is 9.79. The van der Waals surface area contributed by atoms with Crippen molar-refractivity contribution < 1.29 is 54.8 Å². The molecule has 0 heterocycles. The van der Waals surface area contributed by atoms with Crippen molar-refractivity contribution in [3.05, 3.63) is 35.4 Å². The molecule has 28 heavy (non-hydrogen) atoms. The van der Waals surface area contributed by atoms with Crippen LogP contribution in [0.25, 0.3) is 0 Å². The molecule has 0 saturated carbocycles. The summed E-state index contributed by atoms with van der Waals surface area (Å²) >= 11 is 0. The van der Waals surface area contributed by atoms with E-state index in [0.29, 0.717) is 26.4 Å². The minimum atomic E-state index is -1.13. The lowest BCUT2D eigenvalue weighted by molar-refractivity contribution is 0.0222. The number of carboxylic acids is 2. The number of ether oxygens (including phenoxy) is 2. The second-order valence-corrected chi connectivity index (χ2v) is 4.88. The topological polar surface area (TPSA) is 194 Å². The third kappa shape index (κ3) is 17.3. The van der Waals surface area contributed by atoms with Crippen LogP contribution < -0.4 is 0 Å². The van der Waals surface area contributed by atoms with Crippen LogP contribution in [0.1, 0.15) is 20.7 Å². The predicted molar refractivity (Wildman–Crippen MR) is 96.3 cm³/mol. The Bertz CT molecular complexity index is 480. The maximum Gasteiger partial charge on any atom is 0.335 e. The summed E-state index contributed by atoms with van der Waals surface area (Å²) in [5.41, 5.74) is -0.0372. The SMILES string of the molecule is O=C(O)c1cccc(C(=O)O)c1.OCC(O)CO.OCCOCCOCCO. The third-order valence-corrected chi connectivity index (χ3v) is 2.62. The van der Waals surface area contributed by atoms with Gasteiger partial charge in [-0.2, -0.15) is 0 Å². The lowest BCUT2D eigenvalue weighted by atomic mass is 10.1. The Morgan fingerprint density at radius 2 is 1.18 bits per heavy atom. The fourth-order valence-electron chi connectivity index (χ4n) is 1.29. The van der Waals surface area contributed by atoms with Gasteiger partial charge in [0.15, 0.2) is 0 Å². The zero-order valence-electron chi connectivity index (χ0n) is 15.3. The maximum atomic E-state index is 10.4. The van der Waals surface area contributed by atoms with Crippen molar-refractivity contribution in [3.63, 3.8) is 0 Å². The zero-order valence-corrected chi connectivity index (χ0v) is 15.3. The van der Waals surface area contributed by atoms with Crippen LogP contribution in [0.15, 0.2) is 24.3 Å². The molecule has 7 N–H and O–H groups in total. The molecule has 162 valence electrons. The summed E-state index contributed by atoms with van der Waals surface area (Å²) in [6, 6.07) is 5.20. The molecule has 0 fully saturated rings. The molecular weight excluding hydrogens is 380 g/mol. The fraction of sp³-hybridized carbons (Fsp3) is 0.529. The number of carboxylic acid groups (broad SMARTS) is 2. The zero-order chi connectivity index (χ0) is 21.8. The number of carbonyl (C=O) groups is 2. The van der Waals surface area contributed by atoms with E-state index in [1.165, 1.54) is 18.2 Å². The van der Waals surface area contributed by atoms with Gasteiger partial charge < -0.3 is 45.2 Å². The Balaban J connectivity index is 0. The number of aliphatic hydroxyl groups excluding tert-OH is 5. The number of hydrogen-bond donors (Lipinski definition) is 7. The molecule has 11 heteroatoms. The van der Waals surface area contributed by atoms with Crippen LogP contribution in [0.3, 0.4) is 0 Å². The molecule has 0 aliphatic carbocycles. The first kappa shape index (κ1) is 28.1. The molecule has 11 nitrogen and oxygen atoms in total. The molecule has 0 aromatic heterocycles. The van der Waals surface area contributed by atoms with Crippen molar-refractivity contribution in [1.29, 1.82) is 0 Å². The summed E-state index contributed by atoms with van der Waals surface area (Å²) in [6.45, 7) is 0.999. The quantitative estimate of drug-likeness (QED) is 0.209. The van der Waals surface area contributed by atoms with Gasteiger partial charge in [0.1, 0.15) is 6.10 Å². The Morgan fingerprint density at radius 1 is 0.786 bits per heavy atom. The molecule has 0 aliphatic heterocycles. The Labute approximate surface area is 162 Å². The van der Waals surface area contributed by atoms with Crippen LogP contribution in [0.5, 0.6) is 0 Å². The van der Waals surface area contributed by atoms with Crippen LogP contribution in [-0.4, -0.2) is 107 Å². The minimum Gasteiger partial charge on any atom is -0.478 e. The van der Waals surface area contributed by atoms with Crippen molar-refractivity contribution in [2.24, 2.45) is 0 Å². The van der Waals surface area contributed by atoms with Gasteiger partial charge in [-0.3, -0.25) is 0 Å². The van der Waals surface area contributed by atoms with Crippen molar-refractivity contribution in [1.82, 2.24) is 0 Å². The molecule has 0 spiro atoms. The lowest BCUT2D eigenvalue weighted by Gasteiger charge is -2.01. The van der Waals surface area contributed by atoms with Crippen molar-refractivity contribution in [2.75, 3.05) is 52.9 Å². The number of aliphatic hydroxyl groups is 5. The summed E-state index contributed by atoms with van der Waals surface area (Å²) in [5, 5.41) is 57.5. The largest absolute Gasteiger partial charge is 0.478 e. The first-order valence-electron chi connectivity index (χ1n) is 8.17. The smallest absolute Gasteiger partial charge is 0.335 e. The van der Waals surface area contributed by atoms with Crippen LogP contribution >= 0.6 is 0 Å². The maximum absolute atomic E-state index is 10.4. The molecule has 0 bridgehead atoms. The van der Waals surface area contributed by atoms with E-state index in [2.05, 4.69) is 0 Å². The first-order valence-corrected chi connectivity index (χ1v) is 8.17. The minimum absolute atomic E-state index is 0.0186. The highest BCUT2D eigenvalue weighted by Crippen LogP contribution is 2.04. The van der Waals surface area contributed by atoms with Gasteiger partial charge in [-0.1, -0.05) is 6.07 Å². The third-order valence-electron chi connectivity index (χ3n) is 2.62. The van der Waals surface area contributed by atoms with E-state index >= 15 is 0 Å². The summed E-state index contributed by atoms with van der Waals surface area (Å²) in [4.78, 5) is 20.8. The standard InChI is InChI=1S/C8H6O4.C6H14O4.C3H8O3/c9-7(10)5-2-1-3-6(4-5)8(11)12;7-1-3-9-5-6-10-4-2-8;4-1-3(6)2-5/h1-4H,(H,9,10)(H,11,12);7-8H,1-6H2;3-6H,1-2H2. The summed E-state index contributed by atoms with van der Waals surface area (Å²) < 4.78 is 9.75. The van der Waals surface area contributed by atoms with E-state index < -0.39 is 18.0 Å². The highest BCUT2D eigenvalue weighted by Gasteiger charge is 2.06. The van der Waals surface area contributed by atoms with E-state index in [-0.39, 0.29) is 37.6 Å². The molecule has 1 aromatic rings. The summed E-state index contributed by atoms with van der Waals surface area (Å²) in [6.07, 6.45) is -0.954. The van der Waals surface area contributed by atoms with Gasteiger partial charge in [-0.25, -0.2) is 9.59 Å². The average Bonchev–Trinajstić information content (AvgIpc) is 2.71. The molecular formula is C17H28O11. The molecule has 0 aliphatic rings. The van der Waals surface area contributed by atoms with E-state index in [4.69, 9.17) is 45.2 Å². The molecule has 0 amide bonds. The van der Waals surface area contributed by atoms with E-state index in [9.17, 15) is 9.59 Å². The number of aromatic carboxylic acids is 2. The Kier molecular flexibility index (Phi) is 19.7. The highest BCUT2D eigenvalue weighted by atomic mass is 16.5. The van der Waals surface area contributed by atoms with Gasteiger partial charge in [0.25, 0.3) is 0 Å². The van der Waals surface area contributed by atoms with Gasteiger partial charge in [-0.15, -0.1) is 0 Å². The van der Waals surface area contributed by atoms with Gasteiger partial charge in [-0.05, 0) is 18.2 Å². The second kappa shape index (κ2) is 19.6.